The average molecular weight is 437 g/mol. The summed E-state index contributed by atoms with van der Waals surface area (Å²) in [5.74, 6) is -0.908. The minimum Gasteiger partial charge on any atom is -0.439 e. The fraction of sp³-hybridized carbons (Fsp3) is 0.0500. The molecule has 2 aromatic carbocycles. The van der Waals surface area contributed by atoms with Gasteiger partial charge in [0.05, 0.1) is 33.4 Å². The number of pyridine rings is 1. The third-order valence-electron chi connectivity index (χ3n) is 4.35. The van der Waals surface area contributed by atoms with E-state index >= 15 is 0 Å². The highest BCUT2D eigenvalue weighted by Crippen LogP contribution is 2.29. The second-order valence-electron chi connectivity index (χ2n) is 6.49. The van der Waals surface area contributed by atoms with E-state index in [-0.39, 0.29) is 28.3 Å². The summed E-state index contributed by atoms with van der Waals surface area (Å²) in [4.78, 5) is 48.5. The minimum atomic E-state index is -0.815. The quantitative estimate of drug-likeness (QED) is 0.417. The molecule has 12 heteroatoms. The predicted molar refractivity (Wildman–Crippen MR) is 112 cm³/mol. The van der Waals surface area contributed by atoms with Crippen LogP contribution in [-0.4, -0.2) is 26.6 Å². The van der Waals surface area contributed by atoms with Crippen LogP contribution in [0, 0.1) is 27.2 Å². The maximum absolute atomic E-state index is 12.6. The van der Waals surface area contributed by atoms with Gasteiger partial charge in [0.2, 0.25) is 11.8 Å². The van der Waals surface area contributed by atoms with Gasteiger partial charge >= 0.3 is 0 Å². The van der Waals surface area contributed by atoms with Gasteiger partial charge in [-0.05, 0) is 31.2 Å². The smallest absolute Gasteiger partial charge is 0.279 e. The van der Waals surface area contributed by atoms with Crippen molar-refractivity contribution >= 4 is 28.9 Å². The lowest BCUT2D eigenvalue weighted by Gasteiger charge is -2.09. The Bertz CT molecular complexity index is 1240. The van der Waals surface area contributed by atoms with Gasteiger partial charge in [0.1, 0.15) is 5.75 Å². The molecule has 0 fully saturated rings. The molecule has 2 amide bonds. The van der Waals surface area contributed by atoms with E-state index in [0.717, 1.165) is 12.1 Å². The van der Waals surface area contributed by atoms with Gasteiger partial charge in [-0.15, -0.1) is 0 Å². The van der Waals surface area contributed by atoms with Crippen molar-refractivity contribution in [2.24, 2.45) is 5.73 Å². The fourth-order valence-corrected chi connectivity index (χ4v) is 2.76. The molecule has 162 valence electrons. The number of primary amides is 1. The number of aromatic nitrogens is 1. The average Bonchev–Trinajstić information content (AvgIpc) is 2.75. The Morgan fingerprint density at radius 1 is 1.06 bits per heavy atom. The van der Waals surface area contributed by atoms with E-state index in [4.69, 9.17) is 10.5 Å². The van der Waals surface area contributed by atoms with E-state index in [9.17, 15) is 29.8 Å². The van der Waals surface area contributed by atoms with Gasteiger partial charge in [-0.1, -0.05) is 6.07 Å². The zero-order chi connectivity index (χ0) is 23.4. The Morgan fingerprint density at radius 2 is 1.81 bits per heavy atom. The Morgan fingerprint density at radius 3 is 2.41 bits per heavy atom. The van der Waals surface area contributed by atoms with Crippen molar-refractivity contribution in [3.8, 4) is 11.6 Å². The number of hydrogen-bond acceptors (Lipinski definition) is 8. The monoisotopic (exact) mass is 437 g/mol. The predicted octanol–water partition coefficient (Wildman–Crippen LogP) is 3.35. The van der Waals surface area contributed by atoms with Crippen LogP contribution in [0.5, 0.6) is 11.6 Å². The summed E-state index contributed by atoms with van der Waals surface area (Å²) in [6, 6.07) is 10.8. The molecule has 0 aliphatic rings. The Kier molecular flexibility index (Phi) is 6.05. The molecule has 0 aliphatic heterocycles. The van der Waals surface area contributed by atoms with Gasteiger partial charge in [0, 0.05) is 23.3 Å². The maximum atomic E-state index is 12.6. The molecule has 12 nitrogen and oxygen atoms in total. The van der Waals surface area contributed by atoms with Gasteiger partial charge in [-0.2, -0.15) is 0 Å². The summed E-state index contributed by atoms with van der Waals surface area (Å²) in [6.45, 7) is 1.33. The van der Waals surface area contributed by atoms with Gasteiger partial charge in [-0.3, -0.25) is 29.8 Å². The third kappa shape index (κ3) is 4.81. The number of nitrogens with zero attached hydrogens (tertiary/aromatic N) is 3. The van der Waals surface area contributed by atoms with E-state index in [1.54, 1.807) is 12.1 Å². The number of amides is 2. The standard InChI is InChI=1S/C20H15N5O7/c1-11-16(8-14(24(28)29)9-17(11)25(30)31)20(27)23-13-5-6-18(22-10-13)32-15-4-2-3-12(7-15)19(21)26/h2-10H,1H3,(H2,21,26)(H,23,27). The highest BCUT2D eigenvalue weighted by atomic mass is 16.6. The van der Waals surface area contributed by atoms with Gasteiger partial charge < -0.3 is 15.8 Å². The van der Waals surface area contributed by atoms with Crippen LogP contribution in [-0.2, 0) is 0 Å². The number of benzene rings is 2. The molecule has 0 spiro atoms. The summed E-state index contributed by atoms with van der Waals surface area (Å²) >= 11 is 0. The molecule has 0 bridgehead atoms. The SMILES string of the molecule is Cc1c(C(=O)Nc2ccc(Oc3cccc(C(N)=O)c3)nc2)cc([N+](=O)[O-])cc1[N+](=O)[O-]. The van der Waals surface area contributed by atoms with Crippen molar-refractivity contribution in [3.05, 3.63) is 91.6 Å². The first-order valence-corrected chi connectivity index (χ1v) is 8.94. The molecular weight excluding hydrogens is 422 g/mol. The number of ether oxygens (including phenoxy) is 1. The first-order valence-electron chi connectivity index (χ1n) is 8.94. The van der Waals surface area contributed by atoms with Crippen LogP contribution in [0.1, 0.15) is 26.3 Å². The van der Waals surface area contributed by atoms with E-state index < -0.39 is 33.0 Å². The van der Waals surface area contributed by atoms with Crippen LogP contribution >= 0.6 is 0 Å². The second kappa shape index (κ2) is 8.87. The maximum Gasteiger partial charge on any atom is 0.279 e. The van der Waals surface area contributed by atoms with Crippen LogP contribution in [0.4, 0.5) is 17.1 Å². The van der Waals surface area contributed by atoms with Crippen molar-refractivity contribution in [3.63, 3.8) is 0 Å². The van der Waals surface area contributed by atoms with Crippen LogP contribution in [0.15, 0.2) is 54.7 Å². The van der Waals surface area contributed by atoms with Crippen molar-refractivity contribution in [2.45, 2.75) is 6.92 Å². The molecule has 0 saturated carbocycles. The van der Waals surface area contributed by atoms with Crippen molar-refractivity contribution in [2.75, 3.05) is 5.32 Å². The summed E-state index contributed by atoms with van der Waals surface area (Å²) < 4.78 is 5.54. The minimum absolute atomic E-state index is 0.0136. The molecule has 3 N–H and O–H groups in total. The molecule has 3 aromatic rings. The topological polar surface area (TPSA) is 181 Å². The number of nitrogens with two attached hydrogens (primary N) is 1. The Hall–Kier alpha value is -4.87. The summed E-state index contributed by atoms with van der Waals surface area (Å²) in [5, 5.41) is 24.7. The summed E-state index contributed by atoms with van der Waals surface area (Å²) in [7, 11) is 0. The van der Waals surface area contributed by atoms with Gasteiger partial charge in [0.15, 0.2) is 0 Å². The number of nitro groups is 2. The summed E-state index contributed by atoms with van der Waals surface area (Å²) in [5.41, 5.74) is 4.37. The van der Waals surface area contributed by atoms with Gasteiger partial charge in [-0.25, -0.2) is 4.98 Å². The summed E-state index contributed by atoms with van der Waals surface area (Å²) in [6.07, 6.45) is 1.27. The number of non-ortho nitro benzene ring substituents is 1. The number of carbonyl (C=O) groups is 2. The normalized spacial score (nSPS) is 10.3. The zero-order valence-corrected chi connectivity index (χ0v) is 16.5. The van der Waals surface area contributed by atoms with Crippen LogP contribution in [0.2, 0.25) is 0 Å². The lowest BCUT2D eigenvalue weighted by atomic mass is 10.0. The van der Waals surface area contributed by atoms with E-state index in [1.807, 2.05) is 0 Å². The molecule has 0 radical (unpaired) electrons. The van der Waals surface area contributed by atoms with Crippen LogP contribution < -0.4 is 15.8 Å². The molecule has 0 saturated heterocycles. The lowest BCUT2D eigenvalue weighted by Crippen LogP contribution is -2.15. The largest absolute Gasteiger partial charge is 0.439 e. The number of nitro benzene ring substituents is 2. The molecule has 0 aliphatic carbocycles. The molecule has 1 aromatic heterocycles. The fourth-order valence-electron chi connectivity index (χ4n) is 2.76. The number of rotatable bonds is 7. The molecule has 3 rings (SSSR count). The van der Waals surface area contributed by atoms with E-state index in [0.29, 0.717) is 5.75 Å². The van der Waals surface area contributed by atoms with E-state index in [1.165, 1.54) is 37.4 Å². The van der Waals surface area contributed by atoms with Crippen LogP contribution in [0.25, 0.3) is 0 Å². The number of nitrogens with one attached hydrogen (secondary N) is 1. The number of anilines is 1. The molecule has 1 heterocycles. The Labute approximate surface area is 179 Å². The Balaban J connectivity index is 1.79. The van der Waals surface area contributed by atoms with Crippen LogP contribution in [0.3, 0.4) is 0 Å². The van der Waals surface area contributed by atoms with Gasteiger partial charge in [0.25, 0.3) is 17.3 Å². The second-order valence-corrected chi connectivity index (χ2v) is 6.49. The first-order chi connectivity index (χ1) is 15.2. The molecule has 0 atom stereocenters. The number of hydrogen-bond donors (Lipinski definition) is 2. The molecular formula is C20H15N5O7. The van der Waals surface area contributed by atoms with Crippen molar-refractivity contribution < 1.29 is 24.2 Å². The lowest BCUT2D eigenvalue weighted by molar-refractivity contribution is -0.394. The molecule has 0 unspecified atom stereocenters. The third-order valence-corrected chi connectivity index (χ3v) is 4.35. The highest BCUT2D eigenvalue weighted by Gasteiger charge is 2.24. The van der Waals surface area contributed by atoms with Crippen molar-refractivity contribution in [1.29, 1.82) is 0 Å². The van der Waals surface area contributed by atoms with Crippen molar-refractivity contribution in [1.82, 2.24) is 4.98 Å². The zero-order valence-electron chi connectivity index (χ0n) is 16.5. The molecule has 32 heavy (non-hydrogen) atoms. The first kappa shape index (κ1) is 21.8. The highest BCUT2D eigenvalue weighted by molar-refractivity contribution is 6.06. The van der Waals surface area contributed by atoms with E-state index in [2.05, 4.69) is 10.3 Å². The number of carbonyl (C=O) groups excluding carboxylic acids is 2.